The molecular weight excluding hydrogens is 462 g/mol. The van der Waals surface area contributed by atoms with E-state index in [1.807, 2.05) is 4.72 Å². The summed E-state index contributed by atoms with van der Waals surface area (Å²) < 4.78 is 43.3. The quantitative estimate of drug-likeness (QED) is 0.495. The van der Waals surface area contributed by atoms with Crippen molar-refractivity contribution >= 4 is 86.0 Å². The van der Waals surface area contributed by atoms with Crippen molar-refractivity contribution in [1.29, 1.82) is 0 Å². The number of hydrogen-bond donors (Lipinski definition) is 2. The van der Waals surface area contributed by atoms with Crippen LogP contribution in [0.25, 0.3) is 0 Å². The molecule has 7 nitrogen and oxygen atoms in total. The van der Waals surface area contributed by atoms with E-state index in [-0.39, 0.29) is 44.5 Å². The number of nitrogens with one attached hydrogen (secondary N) is 1. The number of nitrogens with zero attached hydrogens (tertiary/aromatic N) is 1. The number of hydrogen-bond acceptors (Lipinski definition) is 6. The van der Waals surface area contributed by atoms with Crippen LogP contribution in [-0.4, -0.2) is 54.1 Å². The first-order valence-electron chi connectivity index (χ1n) is 5.55. The Morgan fingerprint density at radius 3 is 2.70 bits per heavy atom. The van der Waals surface area contributed by atoms with Crippen LogP contribution in [0.5, 0.6) is 5.75 Å². The second kappa shape index (κ2) is 8.75. The van der Waals surface area contributed by atoms with Crippen molar-refractivity contribution in [3.8, 4) is 5.75 Å². The molecule has 2 rings (SSSR count). The first kappa shape index (κ1) is 21.6. The van der Waals surface area contributed by atoms with Gasteiger partial charge in [-0.2, -0.15) is 4.72 Å². The summed E-state index contributed by atoms with van der Waals surface area (Å²) in [7, 11) is -8.13. The van der Waals surface area contributed by atoms with Crippen molar-refractivity contribution in [2.24, 2.45) is 0 Å². The van der Waals surface area contributed by atoms with Crippen LogP contribution >= 0.6 is 46.5 Å². The van der Waals surface area contributed by atoms with Gasteiger partial charge in [0.25, 0.3) is 10.0 Å². The van der Waals surface area contributed by atoms with E-state index in [2.05, 4.69) is 20.9 Å². The molecule has 13 heteroatoms. The molecule has 2 aromatic heterocycles. The minimum absolute atomic E-state index is 0. The molecule has 1 atom stereocenters. The number of halogens is 2. The number of rotatable bonds is 6. The number of pyridine rings is 1. The van der Waals surface area contributed by atoms with Gasteiger partial charge in [-0.15, -0.1) is 11.3 Å². The minimum atomic E-state index is -4.24. The van der Waals surface area contributed by atoms with Gasteiger partial charge in [0, 0.05) is 12.3 Å². The molecule has 0 bridgehead atoms. The Labute approximate surface area is 172 Å². The van der Waals surface area contributed by atoms with E-state index in [9.17, 15) is 17.9 Å². The molecular formula is C10H10BrClN2NaO5PS2. The summed E-state index contributed by atoms with van der Waals surface area (Å²) in [5.74, 6) is -0.0311. The molecule has 0 aromatic carbocycles. The number of sulfonamides is 1. The molecule has 122 valence electrons. The van der Waals surface area contributed by atoms with Crippen LogP contribution in [0.2, 0.25) is 5.02 Å². The summed E-state index contributed by atoms with van der Waals surface area (Å²) in [5, 5.41) is 0.224. The molecule has 1 unspecified atom stereocenters. The van der Waals surface area contributed by atoms with Gasteiger partial charge in [-0.25, -0.2) is 13.0 Å². The van der Waals surface area contributed by atoms with Crippen LogP contribution in [0.1, 0.15) is 0 Å². The van der Waals surface area contributed by atoms with E-state index in [1.165, 1.54) is 24.5 Å². The zero-order valence-electron chi connectivity index (χ0n) is 10.6. The van der Waals surface area contributed by atoms with Crippen LogP contribution in [0, 0.1) is 0 Å². The maximum absolute atomic E-state index is 12.0. The fourth-order valence-corrected chi connectivity index (χ4v) is 6.02. The van der Waals surface area contributed by atoms with E-state index in [0.29, 0.717) is 3.79 Å². The second-order valence-corrected chi connectivity index (χ2v) is 10.6. The molecule has 23 heavy (non-hydrogen) atoms. The molecule has 0 saturated heterocycles. The number of thiophene rings is 1. The van der Waals surface area contributed by atoms with Crippen LogP contribution in [0.4, 0.5) is 0 Å². The molecule has 0 aliphatic heterocycles. The predicted molar refractivity (Wildman–Crippen MR) is 94.1 cm³/mol. The van der Waals surface area contributed by atoms with Crippen molar-refractivity contribution in [3.63, 3.8) is 0 Å². The Kier molecular flexibility index (Phi) is 8.21. The summed E-state index contributed by atoms with van der Waals surface area (Å²) in [4.78, 5) is 13.4. The van der Waals surface area contributed by atoms with Crippen LogP contribution in [0.15, 0.2) is 38.6 Å². The van der Waals surface area contributed by atoms with E-state index in [1.54, 1.807) is 6.07 Å². The average molecular weight is 472 g/mol. The molecule has 0 spiro atoms. The molecule has 2 heterocycles. The van der Waals surface area contributed by atoms with Gasteiger partial charge in [-0.3, -0.25) is 4.98 Å². The molecule has 0 fully saturated rings. The van der Waals surface area contributed by atoms with Gasteiger partial charge in [-0.05, 0) is 28.1 Å². The normalized spacial score (nSPS) is 13.9. The van der Waals surface area contributed by atoms with Crippen LogP contribution in [0.3, 0.4) is 0 Å². The van der Waals surface area contributed by atoms with Gasteiger partial charge in [0.2, 0.25) is 0 Å². The van der Waals surface area contributed by atoms with Crippen molar-refractivity contribution in [2.45, 2.75) is 4.21 Å². The summed E-state index contributed by atoms with van der Waals surface area (Å²) in [6.45, 7) is 0. The van der Waals surface area contributed by atoms with E-state index >= 15 is 0 Å². The monoisotopic (exact) mass is 470 g/mol. The third-order valence-electron chi connectivity index (χ3n) is 2.20. The van der Waals surface area contributed by atoms with Gasteiger partial charge in [-0.1, -0.05) is 11.6 Å². The first-order valence-corrected chi connectivity index (χ1v) is 10.8. The maximum atomic E-state index is 12.0. The van der Waals surface area contributed by atoms with Crippen molar-refractivity contribution in [2.75, 3.05) is 6.29 Å². The predicted octanol–water partition coefficient (Wildman–Crippen LogP) is 2.41. The van der Waals surface area contributed by atoms with Gasteiger partial charge in [0.15, 0.2) is 0 Å². The van der Waals surface area contributed by atoms with Gasteiger partial charge in [0.1, 0.15) is 16.2 Å². The fraction of sp³-hybridized carbons (Fsp3) is 0.100. The molecule has 0 radical (unpaired) electrons. The summed E-state index contributed by atoms with van der Waals surface area (Å²) in [6.07, 6.45) is 1.74. The van der Waals surface area contributed by atoms with E-state index < -0.39 is 23.9 Å². The Morgan fingerprint density at radius 1 is 1.43 bits per heavy atom. The third-order valence-corrected chi connectivity index (χ3v) is 7.19. The molecule has 2 N–H and O–H groups in total. The van der Waals surface area contributed by atoms with E-state index in [4.69, 9.17) is 16.1 Å². The van der Waals surface area contributed by atoms with E-state index in [0.717, 1.165) is 11.3 Å². The van der Waals surface area contributed by atoms with Crippen molar-refractivity contribution < 1.29 is 22.4 Å². The SMILES string of the molecule is O=P(O)(CNS(=O)(=O)c1ccc(Br)s1)Oc1cncc(Cl)c1.[NaH]. The zero-order valence-corrected chi connectivity index (χ0v) is 15.5. The van der Waals surface area contributed by atoms with Crippen LogP contribution < -0.4 is 9.25 Å². The number of aromatic nitrogens is 1. The summed E-state index contributed by atoms with van der Waals surface area (Å²) in [6, 6.07) is 4.23. The molecule has 0 aliphatic carbocycles. The second-order valence-electron chi connectivity index (χ2n) is 3.93. The Morgan fingerprint density at radius 2 is 2.13 bits per heavy atom. The molecule has 0 amide bonds. The molecule has 0 aliphatic rings. The zero-order chi connectivity index (χ0) is 16.4. The molecule has 2 aromatic rings. The molecule has 0 saturated carbocycles. The Balaban J connectivity index is 0.00000264. The first-order chi connectivity index (χ1) is 10.2. The van der Waals surface area contributed by atoms with Crippen molar-refractivity contribution in [3.05, 3.63) is 39.4 Å². The van der Waals surface area contributed by atoms with Gasteiger partial charge >= 0.3 is 37.2 Å². The standard InChI is InChI=1S/C10H9BrClN2O5PS2.Na.H/c11-9-1-2-10(21-9)22(17,18)14-6-20(15,16)19-8-3-7(12)4-13-5-8;;/h1-5,14H,6H2,(H,15,16);;. The summed E-state index contributed by atoms with van der Waals surface area (Å²) >= 11 is 9.80. The topological polar surface area (TPSA) is 106 Å². The fourth-order valence-electron chi connectivity index (χ4n) is 1.32. The van der Waals surface area contributed by atoms with Gasteiger partial charge < -0.3 is 9.42 Å². The third kappa shape index (κ3) is 6.74. The van der Waals surface area contributed by atoms with Crippen molar-refractivity contribution in [1.82, 2.24) is 9.71 Å². The van der Waals surface area contributed by atoms with Gasteiger partial charge in [0.05, 0.1) is 15.0 Å². The average Bonchev–Trinajstić information content (AvgIpc) is 2.84. The van der Waals surface area contributed by atoms with Crippen LogP contribution in [-0.2, 0) is 14.6 Å². The Bertz CT molecular complexity index is 834. The summed E-state index contributed by atoms with van der Waals surface area (Å²) in [5.41, 5.74) is 0. The Hall–Kier alpha value is 0.520.